The first-order valence-electron chi connectivity index (χ1n) is 8.19. The molecule has 2 heterocycles. The van der Waals surface area contributed by atoms with E-state index in [9.17, 15) is 4.79 Å². The lowest BCUT2D eigenvalue weighted by Gasteiger charge is -2.01. The fraction of sp³-hybridized carbons (Fsp3) is 0. The number of aliphatic imine (C=N–C) groups is 1. The Kier molecular flexibility index (Phi) is 5.95. The number of rotatable bonds is 3. The molecule has 0 unspecified atom stereocenters. The number of furan rings is 1. The number of carbonyl (C=O) groups is 1. The second kappa shape index (κ2) is 8.46. The first-order chi connectivity index (χ1) is 13.9. The molecule has 1 aliphatic heterocycles. The van der Waals surface area contributed by atoms with Gasteiger partial charge in [-0.3, -0.25) is 4.79 Å². The summed E-state index contributed by atoms with van der Waals surface area (Å²) in [7, 11) is 0. The molecule has 1 N–H and O–H groups in total. The van der Waals surface area contributed by atoms with Crippen molar-refractivity contribution in [3.63, 3.8) is 0 Å². The number of nitrogens with one attached hydrogen (secondary N) is 1. The van der Waals surface area contributed by atoms with Crippen molar-refractivity contribution in [2.24, 2.45) is 4.99 Å². The minimum Gasteiger partial charge on any atom is -0.457 e. The third-order valence-corrected chi connectivity index (χ3v) is 6.09. The van der Waals surface area contributed by atoms with Gasteiger partial charge in [-0.05, 0) is 60.3 Å². The van der Waals surface area contributed by atoms with Crippen LogP contribution in [0.1, 0.15) is 5.76 Å². The summed E-state index contributed by atoms with van der Waals surface area (Å²) < 4.78 is 5.81. The van der Waals surface area contributed by atoms with Crippen LogP contribution >= 0.6 is 58.2 Å². The summed E-state index contributed by atoms with van der Waals surface area (Å²) in [6, 6.07) is 13.6. The van der Waals surface area contributed by atoms with Crippen molar-refractivity contribution in [2.75, 3.05) is 0 Å². The molecule has 0 spiro atoms. The van der Waals surface area contributed by atoms with Crippen LogP contribution < -0.4 is 5.32 Å². The van der Waals surface area contributed by atoms with E-state index >= 15 is 0 Å². The normalized spacial score (nSPS) is 16.6. The maximum Gasteiger partial charge on any atom is 0.264 e. The van der Waals surface area contributed by atoms with Gasteiger partial charge in [-0.1, -0.05) is 46.4 Å². The third kappa shape index (κ3) is 4.65. The Morgan fingerprint density at radius 1 is 0.931 bits per heavy atom. The first-order valence-corrected chi connectivity index (χ1v) is 10.5. The number of carbonyl (C=O) groups excluding carboxylic acids is 1. The van der Waals surface area contributed by atoms with E-state index < -0.39 is 0 Å². The van der Waals surface area contributed by atoms with Gasteiger partial charge in [0.25, 0.3) is 5.91 Å². The van der Waals surface area contributed by atoms with Gasteiger partial charge in [-0.25, -0.2) is 4.99 Å². The second-order valence-electron chi connectivity index (χ2n) is 5.91. The van der Waals surface area contributed by atoms with E-state index in [1.807, 2.05) is 0 Å². The minimum atomic E-state index is -0.271. The summed E-state index contributed by atoms with van der Waals surface area (Å²) in [5, 5.41) is 5.04. The Morgan fingerprint density at radius 2 is 1.72 bits per heavy atom. The number of amidine groups is 1. The lowest BCUT2D eigenvalue weighted by atomic mass is 10.2. The highest BCUT2D eigenvalue weighted by molar-refractivity contribution is 8.18. The van der Waals surface area contributed by atoms with Crippen LogP contribution in [0.3, 0.4) is 0 Å². The number of hydrogen-bond donors (Lipinski definition) is 1. The lowest BCUT2D eigenvalue weighted by Crippen LogP contribution is -2.19. The van der Waals surface area contributed by atoms with Crippen molar-refractivity contribution >= 4 is 81.0 Å². The molecule has 1 saturated heterocycles. The Hall–Kier alpha value is -1.89. The van der Waals surface area contributed by atoms with Gasteiger partial charge in [0.15, 0.2) is 5.17 Å². The quantitative estimate of drug-likeness (QED) is 0.393. The van der Waals surface area contributed by atoms with Crippen molar-refractivity contribution < 1.29 is 9.21 Å². The molecule has 4 nitrogen and oxygen atoms in total. The topological polar surface area (TPSA) is 54.6 Å². The molecule has 0 radical (unpaired) electrons. The fourth-order valence-corrected chi connectivity index (χ4v) is 4.04. The molecule has 0 saturated carbocycles. The highest BCUT2D eigenvalue weighted by atomic mass is 35.5. The molecular weight excluding hydrogens is 474 g/mol. The summed E-state index contributed by atoms with van der Waals surface area (Å²) in [5.41, 5.74) is 1.26. The molecular formula is C20H10Cl4N2O2S. The number of nitrogens with zero attached hydrogens (tertiary/aromatic N) is 1. The highest BCUT2D eigenvalue weighted by Gasteiger charge is 2.24. The Morgan fingerprint density at radius 3 is 2.52 bits per heavy atom. The molecule has 3 aromatic rings. The Labute approximate surface area is 190 Å². The van der Waals surface area contributed by atoms with E-state index in [1.54, 1.807) is 54.6 Å². The van der Waals surface area contributed by atoms with E-state index in [1.165, 1.54) is 11.8 Å². The fourth-order valence-electron chi connectivity index (χ4n) is 2.54. The molecule has 1 aromatic heterocycles. The molecule has 4 rings (SSSR count). The van der Waals surface area contributed by atoms with Crippen LogP contribution in [-0.4, -0.2) is 11.1 Å². The molecule has 0 aliphatic carbocycles. The largest absolute Gasteiger partial charge is 0.457 e. The van der Waals surface area contributed by atoms with Crippen molar-refractivity contribution in [1.82, 2.24) is 5.32 Å². The van der Waals surface area contributed by atoms with Gasteiger partial charge >= 0.3 is 0 Å². The van der Waals surface area contributed by atoms with E-state index in [0.717, 1.165) is 0 Å². The monoisotopic (exact) mass is 482 g/mol. The van der Waals surface area contributed by atoms with Gasteiger partial charge in [0.05, 0.1) is 25.7 Å². The van der Waals surface area contributed by atoms with Crippen molar-refractivity contribution in [3.8, 4) is 11.3 Å². The van der Waals surface area contributed by atoms with E-state index in [2.05, 4.69) is 10.3 Å². The summed E-state index contributed by atoms with van der Waals surface area (Å²) in [6.07, 6.45) is 1.64. The zero-order chi connectivity index (χ0) is 20.5. The maximum absolute atomic E-state index is 12.3. The average molecular weight is 484 g/mol. The molecule has 29 heavy (non-hydrogen) atoms. The molecule has 146 valence electrons. The number of benzene rings is 2. The van der Waals surface area contributed by atoms with Crippen LogP contribution in [0, 0.1) is 0 Å². The Bertz CT molecular complexity index is 1190. The highest BCUT2D eigenvalue weighted by Crippen LogP contribution is 2.34. The summed E-state index contributed by atoms with van der Waals surface area (Å²) in [5.74, 6) is 0.787. The van der Waals surface area contributed by atoms with Crippen LogP contribution in [0.15, 0.2) is 62.8 Å². The Balaban J connectivity index is 1.57. The predicted octanol–water partition coefficient (Wildman–Crippen LogP) is 7.45. The van der Waals surface area contributed by atoms with E-state index in [0.29, 0.717) is 52.9 Å². The van der Waals surface area contributed by atoms with Crippen molar-refractivity contribution in [2.45, 2.75) is 0 Å². The predicted molar refractivity (Wildman–Crippen MR) is 121 cm³/mol. The average Bonchev–Trinajstić information content (AvgIpc) is 3.27. The zero-order valence-electron chi connectivity index (χ0n) is 14.4. The maximum atomic E-state index is 12.3. The zero-order valence-corrected chi connectivity index (χ0v) is 18.2. The van der Waals surface area contributed by atoms with Gasteiger partial charge in [-0.15, -0.1) is 0 Å². The summed E-state index contributed by atoms with van der Waals surface area (Å²) in [4.78, 5) is 17.1. The van der Waals surface area contributed by atoms with Gasteiger partial charge in [-0.2, -0.15) is 0 Å². The van der Waals surface area contributed by atoms with Crippen LogP contribution in [0.4, 0.5) is 5.69 Å². The second-order valence-corrected chi connectivity index (χ2v) is 8.60. The van der Waals surface area contributed by atoms with Crippen LogP contribution in [0.25, 0.3) is 17.4 Å². The van der Waals surface area contributed by atoms with Crippen molar-refractivity contribution in [1.29, 1.82) is 0 Å². The van der Waals surface area contributed by atoms with Gasteiger partial charge in [0.2, 0.25) is 0 Å². The standard InChI is InChI=1S/C20H10Cl4N2O2S/c21-10-1-4-14(22)13(7-10)17-6-3-12(28-17)9-18-19(27)26-20(29-18)25-11-2-5-15(23)16(24)8-11/h1-9H,(H,25,26,27). The smallest absolute Gasteiger partial charge is 0.264 e. The molecule has 0 atom stereocenters. The van der Waals surface area contributed by atoms with E-state index in [4.69, 9.17) is 50.8 Å². The van der Waals surface area contributed by atoms with Gasteiger partial charge < -0.3 is 9.73 Å². The molecule has 9 heteroatoms. The van der Waals surface area contributed by atoms with E-state index in [-0.39, 0.29) is 5.91 Å². The summed E-state index contributed by atoms with van der Waals surface area (Å²) in [6.45, 7) is 0. The molecule has 2 aromatic carbocycles. The van der Waals surface area contributed by atoms with Crippen molar-refractivity contribution in [3.05, 3.63) is 79.3 Å². The van der Waals surface area contributed by atoms with Crippen LogP contribution in [0.5, 0.6) is 0 Å². The molecule has 1 amide bonds. The van der Waals surface area contributed by atoms with Crippen LogP contribution in [0.2, 0.25) is 20.1 Å². The van der Waals surface area contributed by atoms with Gasteiger partial charge in [0.1, 0.15) is 11.5 Å². The molecule has 1 aliphatic rings. The van der Waals surface area contributed by atoms with Gasteiger partial charge in [0, 0.05) is 16.7 Å². The van der Waals surface area contributed by atoms with Crippen LogP contribution in [-0.2, 0) is 4.79 Å². The number of thioether (sulfide) groups is 1. The minimum absolute atomic E-state index is 0.271. The molecule has 1 fully saturated rings. The number of halogens is 4. The molecule has 0 bridgehead atoms. The number of amides is 1. The lowest BCUT2D eigenvalue weighted by molar-refractivity contribution is -0.115. The first kappa shape index (κ1) is 20.4. The third-order valence-electron chi connectivity index (χ3n) is 3.88. The summed E-state index contributed by atoms with van der Waals surface area (Å²) >= 11 is 25.4. The number of hydrogen-bond acceptors (Lipinski definition) is 4. The SMILES string of the molecule is O=C1NC(=Nc2ccc(Cl)c(Cl)c2)SC1=Cc1ccc(-c2cc(Cl)ccc2Cl)o1.